The summed E-state index contributed by atoms with van der Waals surface area (Å²) in [5, 5.41) is 9.32. The van der Waals surface area contributed by atoms with E-state index in [-0.39, 0.29) is 17.0 Å². The fraction of sp³-hybridized carbons (Fsp3) is 0.455. The first-order valence-electron chi connectivity index (χ1n) is 4.83. The van der Waals surface area contributed by atoms with Gasteiger partial charge in [0.15, 0.2) is 0 Å². The van der Waals surface area contributed by atoms with Crippen LogP contribution in [0.15, 0.2) is 18.2 Å². The lowest BCUT2D eigenvalue weighted by Gasteiger charge is -2.24. The minimum atomic E-state index is 0. The van der Waals surface area contributed by atoms with Gasteiger partial charge in [-0.05, 0) is 55.0 Å². The van der Waals surface area contributed by atoms with Crippen LogP contribution >= 0.6 is 17.0 Å². The van der Waals surface area contributed by atoms with Crippen molar-refractivity contribution in [1.29, 1.82) is 0 Å². The lowest BCUT2D eigenvalue weighted by Crippen LogP contribution is -2.17. The van der Waals surface area contributed by atoms with E-state index in [2.05, 4.69) is 0 Å². The number of phenols is 1. The third-order valence-corrected chi connectivity index (χ3v) is 2.85. The topological polar surface area (TPSA) is 46.2 Å². The molecule has 0 aromatic heterocycles. The number of hydrogen-bond donors (Lipinski definition) is 2. The highest BCUT2D eigenvalue weighted by molar-refractivity contribution is 8.93. The summed E-state index contributed by atoms with van der Waals surface area (Å²) in [6, 6.07) is 5.64. The number of hydrogen-bond acceptors (Lipinski definition) is 2. The summed E-state index contributed by atoms with van der Waals surface area (Å²) in [6.07, 6.45) is 3.47. The fourth-order valence-electron chi connectivity index (χ4n) is 2.15. The molecule has 1 aromatic rings. The normalized spacial score (nSPS) is 19.6. The first-order valence-corrected chi connectivity index (χ1v) is 4.83. The van der Waals surface area contributed by atoms with Crippen LogP contribution in [0, 0.1) is 0 Å². The summed E-state index contributed by atoms with van der Waals surface area (Å²) in [4.78, 5) is 0. The van der Waals surface area contributed by atoms with Gasteiger partial charge < -0.3 is 10.8 Å². The Labute approximate surface area is 94.9 Å². The number of benzene rings is 1. The molecule has 0 aliphatic heterocycles. The maximum Gasteiger partial charge on any atom is 0.115 e. The highest BCUT2D eigenvalue weighted by atomic mass is 79.9. The standard InChI is InChI=1S/C11H15NO.BrH/c12-7-9-3-1-2-8-6-10(13)4-5-11(8)9;/h4-6,9,13H,1-3,7,12H2;1H. The van der Waals surface area contributed by atoms with Crippen LogP contribution in [-0.2, 0) is 6.42 Å². The Morgan fingerprint density at radius 2 is 2.21 bits per heavy atom. The number of phenolic OH excluding ortho intramolecular Hbond substituents is 1. The highest BCUT2D eigenvalue weighted by Gasteiger charge is 2.18. The van der Waals surface area contributed by atoms with Crippen LogP contribution in [0.3, 0.4) is 0 Å². The molecule has 0 amide bonds. The quantitative estimate of drug-likeness (QED) is 0.812. The minimum Gasteiger partial charge on any atom is -0.508 e. The molecule has 1 aliphatic carbocycles. The van der Waals surface area contributed by atoms with Crippen molar-refractivity contribution in [2.24, 2.45) is 5.73 Å². The second-order valence-electron chi connectivity index (χ2n) is 3.71. The Hall–Kier alpha value is -0.540. The Bertz CT molecular complexity index is 314. The molecule has 1 unspecified atom stereocenters. The van der Waals surface area contributed by atoms with Gasteiger partial charge in [0.05, 0.1) is 0 Å². The molecule has 0 spiro atoms. The predicted octanol–water partition coefficient (Wildman–Crippen LogP) is 2.35. The molecule has 1 aliphatic rings. The molecule has 1 atom stereocenters. The first kappa shape index (κ1) is 11.5. The van der Waals surface area contributed by atoms with Crippen LogP contribution in [0.25, 0.3) is 0 Å². The van der Waals surface area contributed by atoms with Gasteiger partial charge in [-0.1, -0.05) is 6.07 Å². The average Bonchev–Trinajstić information content (AvgIpc) is 2.16. The average molecular weight is 258 g/mol. The van der Waals surface area contributed by atoms with Gasteiger partial charge in [0.1, 0.15) is 5.75 Å². The molecule has 0 heterocycles. The molecule has 0 radical (unpaired) electrons. The smallest absolute Gasteiger partial charge is 0.115 e. The van der Waals surface area contributed by atoms with Crippen LogP contribution < -0.4 is 5.73 Å². The summed E-state index contributed by atoms with van der Waals surface area (Å²) in [7, 11) is 0. The molecule has 0 bridgehead atoms. The van der Waals surface area contributed by atoms with Crippen molar-refractivity contribution in [3.05, 3.63) is 29.3 Å². The number of fused-ring (bicyclic) bond motifs is 1. The Balaban J connectivity index is 0.000000980. The highest BCUT2D eigenvalue weighted by Crippen LogP contribution is 2.32. The summed E-state index contributed by atoms with van der Waals surface area (Å²) in [6.45, 7) is 0.720. The van der Waals surface area contributed by atoms with Crippen molar-refractivity contribution in [2.75, 3.05) is 6.54 Å². The summed E-state index contributed by atoms with van der Waals surface area (Å²) in [5.41, 5.74) is 8.31. The molecule has 2 rings (SSSR count). The molecule has 0 saturated heterocycles. The third kappa shape index (κ3) is 2.10. The molecule has 78 valence electrons. The van der Waals surface area contributed by atoms with Gasteiger partial charge in [-0.25, -0.2) is 0 Å². The van der Waals surface area contributed by atoms with Gasteiger partial charge in [0.2, 0.25) is 0 Å². The van der Waals surface area contributed by atoms with Crippen molar-refractivity contribution in [3.63, 3.8) is 0 Å². The Morgan fingerprint density at radius 3 is 2.93 bits per heavy atom. The molecule has 3 N–H and O–H groups in total. The molecule has 0 fully saturated rings. The van der Waals surface area contributed by atoms with E-state index in [0.29, 0.717) is 11.7 Å². The van der Waals surface area contributed by atoms with Crippen molar-refractivity contribution in [2.45, 2.75) is 25.2 Å². The molecule has 0 saturated carbocycles. The van der Waals surface area contributed by atoms with Gasteiger partial charge >= 0.3 is 0 Å². The Kier molecular flexibility index (Phi) is 3.96. The number of nitrogens with two attached hydrogens (primary N) is 1. The van der Waals surface area contributed by atoms with Crippen molar-refractivity contribution in [1.82, 2.24) is 0 Å². The summed E-state index contributed by atoms with van der Waals surface area (Å²) < 4.78 is 0. The van der Waals surface area contributed by atoms with Gasteiger partial charge in [0, 0.05) is 0 Å². The lowest BCUT2D eigenvalue weighted by atomic mass is 9.83. The van der Waals surface area contributed by atoms with E-state index >= 15 is 0 Å². The first-order chi connectivity index (χ1) is 6.31. The number of aryl methyl sites for hydroxylation is 1. The molecular weight excluding hydrogens is 242 g/mol. The van der Waals surface area contributed by atoms with E-state index in [1.54, 1.807) is 6.07 Å². The van der Waals surface area contributed by atoms with Gasteiger partial charge in [-0.15, -0.1) is 17.0 Å². The van der Waals surface area contributed by atoms with Crippen molar-refractivity contribution >= 4 is 17.0 Å². The number of halogens is 1. The zero-order valence-electron chi connectivity index (χ0n) is 8.07. The van der Waals surface area contributed by atoms with Gasteiger partial charge in [0.25, 0.3) is 0 Å². The van der Waals surface area contributed by atoms with Crippen LogP contribution in [-0.4, -0.2) is 11.7 Å². The van der Waals surface area contributed by atoms with E-state index < -0.39 is 0 Å². The second-order valence-corrected chi connectivity index (χ2v) is 3.71. The van der Waals surface area contributed by atoms with E-state index in [0.717, 1.165) is 13.0 Å². The van der Waals surface area contributed by atoms with Gasteiger partial charge in [-0.2, -0.15) is 0 Å². The summed E-state index contributed by atoms with van der Waals surface area (Å²) >= 11 is 0. The second kappa shape index (κ2) is 4.80. The molecule has 14 heavy (non-hydrogen) atoms. The lowest BCUT2D eigenvalue weighted by molar-refractivity contribution is 0.471. The Morgan fingerprint density at radius 1 is 1.43 bits per heavy atom. The van der Waals surface area contributed by atoms with Crippen LogP contribution in [0.1, 0.15) is 29.9 Å². The maximum absolute atomic E-state index is 9.32. The van der Waals surface area contributed by atoms with E-state index in [1.807, 2.05) is 12.1 Å². The van der Waals surface area contributed by atoms with E-state index in [1.165, 1.54) is 24.0 Å². The molecule has 1 aromatic carbocycles. The monoisotopic (exact) mass is 257 g/mol. The molecule has 3 heteroatoms. The predicted molar refractivity (Wildman–Crippen MR) is 63.2 cm³/mol. The largest absolute Gasteiger partial charge is 0.508 e. The maximum atomic E-state index is 9.32. The number of rotatable bonds is 1. The van der Waals surface area contributed by atoms with E-state index in [9.17, 15) is 5.11 Å². The van der Waals surface area contributed by atoms with Crippen LogP contribution in [0.5, 0.6) is 5.75 Å². The van der Waals surface area contributed by atoms with Crippen molar-refractivity contribution in [3.8, 4) is 5.75 Å². The fourth-order valence-corrected chi connectivity index (χ4v) is 2.15. The number of aromatic hydroxyl groups is 1. The van der Waals surface area contributed by atoms with Crippen LogP contribution in [0.4, 0.5) is 0 Å². The molecule has 2 nitrogen and oxygen atoms in total. The van der Waals surface area contributed by atoms with Gasteiger partial charge in [-0.3, -0.25) is 0 Å². The minimum absolute atomic E-state index is 0. The zero-order chi connectivity index (χ0) is 9.26. The SMILES string of the molecule is Br.NCC1CCCc2cc(O)ccc21. The van der Waals surface area contributed by atoms with E-state index in [4.69, 9.17) is 5.73 Å². The van der Waals surface area contributed by atoms with Crippen molar-refractivity contribution < 1.29 is 5.11 Å². The molecular formula is C11H16BrNO. The third-order valence-electron chi connectivity index (χ3n) is 2.85. The van der Waals surface area contributed by atoms with Crippen LogP contribution in [0.2, 0.25) is 0 Å². The zero-order valence-corrected chi connectivity index (χ0v) is 9.78. The summed E-state index contributed by atoms with van der Waals surface area (Å²) in [5.74, 6) is 0.876.